The van der Waals surface area contributed by atoms with Gasteiger partial charge in [-0.3, -0.25) is 4.98 Å². The molecule has 0 aliphatic heterocycles. The third-order valence-electron chi connectivity index (χ3n) is 3.11. The first-order valence-electron chi connectivity index (χ1n) is 5.97. The van der Waals surface area contributed by atoms with Gasteiger partial charge in [0, 0.05) is 24.3 Å². The van der Waals surface area contributed by atoms with Crippen LogP contribution in [0.3, 0.4) is 0 Å². The van der Waals surface area contributed by atoms with Crippen LogP contribution in [0, 0.1) is 0 Å². The highest BCUT2D eigenvalue weighted by molar-refractivity contribution is 5.86. The van der Waals surface area contributed by atoms with Crippen molar-refractivity contribution < 1.29 is 9.90 Å². The summed E-state index contributed by atoms with van der Waals surface area (Å²) in [4.78, 5) is 15.5. The molecule has 4 nitrogen and oxygen atoms in total. The fourth-order valence-corrected chi connectivity index (χ4v) is 2.22. The van der Waals surface area contributed by atoms with Gasteiger partial charge in [0.1, 0.15) is 5.69 Å². The van der Waals surface area contributed by atoms with Gasteiger partial charge in [0.25, 0.3) is 0 Å². The van der Waals surface area contributed by atoms with Gasteiger partial charge in [-0.15, -0.1) is 0 Å². The van der Waals surface area contributed by atoms with Crippen LogP contribution >= 0.6 is 0 Å². The number of carbonyl (C=O) groups is 1. The number of hydrogen-bond donors (Lipinski definition) is 1. The largest absolute Gasteiger partial charge is 0.477 e. The molecule has 0 saturated carbocycles. The molecule has 0 fully saturated rings. The smallest absolute Gasteiger partial charge is 0.352 e. The Labute approximate surface area is 109 Å². The molecule has 0 radical (unpaired) electrons. The zero-order valence-electron chi connectivity index (χ0n) is 10.2. The average molecular weight is 252 g/mol. The molecular weight excluding hydrogens is 240 g/mol. The van der Waals surface area contributed by atoms with E-state index in [2.05, 4.69) is 4.98 Å². The maximum atomic E-state index is 11.1. The maximum Gasteiger partial charge on any atom is 0.352 e. The summed E-state index contributed by atoms with van der Waals surface area (Å²) in [5.41, 5.74) is 2.21. The van der Waals surface area contributed by atoms with Gasteiger partial charge in [-0.25, -0.2) is 4.79 Å². The molecule has 0 amide bonds. The number of carboxylic acid groups (broad SMARTS) is 1. The van der Waals surface area contributed by atoms with E-state index in [4.69, 9.17) is 5.11 Å². The van der Waals surface area contributed by atoms with Crippen molar-refractivity contribution in [2.75, 3.05) is 0 Å². The number of aromatic carboxylic acids is 1. The van der Waals surface area contributed by atoms with E-state index in [0.29, 0.717) is 6.54 Å². The van der Waals surface area contributed by atoms with E-state index in [1.165, 1.54) is 0 Å². The summed E-state index contributed by atoms with van der Waals surface area (Å²) in [6.45, 7) is 0.503. The molecule has 2 heterocycles. The molecule has 3 rings (SSSR count). The summed E-state index contributed by atoms with van der Waals surface area (Å²) in [6.07, 6.45) is 3.52. The van der Waals surface area contributed by atoms with Crippen molar-refractivity contribution in [1.82, 2.24) is 9.55 Å². The van der Waals surface area contributed by atoms with Gasteiger partial charge in [-0.1, -0.05) is 24.3 Å². The average Bonchev–Trinajstić information content (AvgIpc) is 2.87. The minimum Gasteiger partial charge on any atom is -0.477 e. The van der Waals surface area contributed by atoms with Gasteiger partial charge in [0.05, 0.1) is 5.52 Å². The van der Waals surface area contributed by atoms with E-state index in [0.717, 1.165) is 16.5 Å². The van der Waals surface area contributed by atoms with Crippen molar-refractivity contribution in [2.24, 2.45) is 0 Å². The van der Waals surface area contributed by atoms with E-state index >= 15 is 0 Å². The van der Waals surface area contributed by atoms with Crippen LogP contribution in [-0.2, 0) is 6.54 Å². The standard InChI is InChI=1S/C15H12N2O2/c18-15(19)13-7-3-9-17(13)10-12-5-1-4-11-6-2-8-16-14(11)12/h1-9H,10H2,(H,18,19). The zero-order chi connectivity index (χ0) is 13.2. The van der Waals surface area contributed by atoms with Crippen LogP contribution < -0.4 is 0 Å². The molecule has 0 atom stereocenters. The Kier molecular flexibility index (Phi) is 2.76. The molecule has 1 N–H and O–H groups in total. The summed E-state index contributed by atoms with van der Waals surface area (Å²) >= 11 is 0. The Morgan fingerprint density at radius 3 is 2.84 bits per heavy atom. The summed E-state index contributed by atoms with van der Waals surface area (Å²) in [6, 6.07) is 13.2. The molecule has 19 heavy (non-hydrogen) atoms. The second-order valence-electron chi connectivity index (χ2n) is 4.32. The van der Waals surface area contributed by atoms with E-state index in [1.807, 2.05) is 30.3 Å². The van der Waals surface area contributed by atoms with Crippen molar-refractivity contribution in [3.05, 3.63) is 66.1 Å². The second-order valence-corrected chi connectivity index (χ2v) is 4.32. The maximum absolute atomic E-state index is 11.1. The summed E-state index contributed by atoms with van der Waals surface area (Å²) in [7, 11) is 0. The van der Waals surface area contributed by atoms with Gasteiger partial charge in [-0.05, 0) is 23.8 Å². The Balaban J connectivity index is 2.06. The van der Waals surface area contributed by atoms with Crippen LogP contribution in [0.25, 0.3) is 10.9 Å². The molecule has 3 aromatic rings. The lowest BCUT2D eigenvalue weighted by Gasteiger charge is -2.08. The lowest BCUT2D eigenvalue weighted by atomic mass is 10.1. The van der Waals surface area contributed by atoms with Crippen LogP contribution in [0.5, 0.6) is 0 Å². The number of hydrogen-bond acceptors (Lipinski definition) is 2. The lowest BCUT2D eigenvalue weighted by Crippen LogP contribution is -2.08. The molecule has 94 valence electrons. The van der Waals surface area contributed by atoms with Crippen molar-refractivity contribution in [3.63, 3.8) is 0 Å². The van der Waals surface area contributed by atoms with Crippen LogP contribution in [0.2, 0.25) is 0 Å². The first-order valence-corrected chi connectivity index (χ1v) is 5.97. The highest BCUT2D eigenvalue weighted by atomic mass is 16.4. The molecule has 0 aliphatic carbocycles. The molecule has 0 saturated heterocycles. The molecule has 0 spiro atoms. The monoisotopic (exact) mass is 252 g/mol. The van der Waals surface area contributed by atoms with Gasteiger partial charge in [-0.2, -0.15) is 0 Å². The zero-order valence-corrected chi connectivity index (χ0v) is 10.2. The molecule has 0 aliphatic rings. The van der Waals surface area contributed by atoms with E-state index in [9.17, 15) is 4.79 Å². The number of para-hydroxylation sites is 1. The Bertz CT molecular complexity index is 741. The van der Waals surface area contributed by atoms with Gasteiger partial charge in [0.15, 0.2) is 0 Å². The molecule has 0 bridgehead atoms. The fraction of sp³-hybridized carbons (Fsp3) is 0.0667. The Morgan fingerprint density at radius 2 is 2.00 bits per heavy atom. The number of fused-ring (bicyclic) bond motifs is 1. The number of benzene rings is 1. The van der Waals surface area contributed by atoms with Gasteiger partial charge in [0.2, 0.25) is 0 Å². The summed E-state index contributed by atoms with van der Waals surface area (Å²) in [5, 5.41) is 10.2. The van der Waals surface area contributed by atoms with Crippen molar-refractivity contribution >= 4 is 16.9 Å². The first-order chi connectivity index (χ1) is 9.25. The molecule has 0 unspecified atom stereocenters. The van der Waals surface area contributed by atoms with E-state index in [-0.39, 0.29) is 5.69 Å². The predicted octanol–water partition coefficient (Wildman–Crippen LogP) is 2.78. The van der Waals surface area contributed by atoms with Crippen LogP contribution in [0.4, 0.5) is 0 Å². The summed E-state index contributed by atoms with van der Waals surface area (Å²) in [5.74, 6) is -0.918. The topological polar surface area (TPSA) is 55.1 Å². The minimum absolute atomic E-state index is 0.285. The van der Waals surface area contributed by atoms with Gasteiger partial charge >= 0.3 is 5.97 Å². The minimum atomic E-state index is -0.918. The van der Waals surface area contributed by atoms with E-state index < -0.39 is 5.97 Å². The van der Waals surface area contributed by atoms with Crippen LogP contribution in [0.15, 0.2) is 54.9 Å². The van der Waals surface area contributed by atoms with E-state index in [1.54, 1.807) is 29.1 Å². The number of nitrogens with zero attached hydrogens (tertiary/aromatic N) is 2. The molecule has 1 aromatic carbocycles. The third-order valence-corrected chi connectivity index (χ3v) is 3.11. The second kappa shape index (κ2) is 4.57. The third kappa shape index (κ3) is 2.08. The van der Waals surface area contributed by atoms with Crippen molar-refractivity contribution in [2.45, 2.75) is 6.54 Å². The highest BCUT2D eigenvalue weighted by Gasteiger charge is 2.10. The first kappa shape index (κ1) is 11.5. The SMILES string of the molecule is O=C(O)c1cccn1Cc1cccc2cccnc12. The fourth-order valence-electron chi connectivity index (χ4n) is 2.22. The highest BCUT2D eigenvalue weighted by Crippen LogP contribution is 2.18. The predicted molar refractivity (Wildman–Crippen MR) is 72.2 cm³/mol. The molecular formula is C15H12N2O2. The van der Waals surface area contributed by atoms with Crippen molar-refractivity contribution in [3.8, 4) is 0 Å². The number of pyridine rings is 1. The van der Waals surface area contributed by atoms with Crippen LogP contribution in [0.1, 0.15) is 16.1 Å². The Hall–Kier alpha value is -2.62. The number of aromatic nitrogens is 2. The number of rotatable bonds is 3. The summed E-state index contributed by atoms with van der Waals surface area (Å²) < 4.78 is 1.71. The lowest BCUT2D eigenvalue weighted by molar-refractivity contribution is 0.0685. The number of carboxylic acids is 1. The molecule has 4 heteroatoms. The molecule has 2 aromatic heterocycles. The Morgan fingerprint density at radius 1 is 1.16 bits per heavy atom. The quantitative estimate of drug-likeness (QED) is 0.779. The normalized spacial score (nSPS) is 10.7. The van der Waals surface area contributed by atoms with Gasteiger partial charge < -0.3 is 9.67 Å². The van der Waals surface area contributed by atoms with Crippen molar-refractivity contribution in [1.29, 1.82) is 0 Å². The van der Waals surface area contributed by atoms with Crippen LogP contribution in [-0.4, -0.2) is 20.6 Å².